The fourth-order valence-electron chi connectivity index (χ4n) is 3.91. The Balaban J connectivity index is 1.42. The van der Waals surface area contributed by atoms with E-state index >= 15 is 0 Å². The number of nitrogens with zero attached hydrogens (tertiary/aromatic N) is 4. The van der Waals surface area contributed by atoms with Crippen molar-refractivity contribution in [1.82, 2.24) is 19.2 Å². The molecule has 1 saturated heterocycles. The van der Waals surface area contributed by atoms with E-state index in [1.54, 1.807) is 29.0 Å². The van der Waals surface area contributed by atoms with Gasteiger partial charge in [-0.15, -0.1) is 11.3 Å². The number of morpholine rings is 1. The highest BCUT2D eigenvalue weighted by atomic mass is 35.5. The quantitative estimate of drug-likeness (QED) is 0.384. The zero-order valence-electron chi connectivity index (χ0n) is 18.9. The number of carbonyl (C=O) groups excluding carboxylic acids is 1. The second-order valence-corrected chi connectivity index (χ2v) is 9.88. The summed E-state index contributed by atoms with van der Waals surface area (Å²) in [5, 5.41) is 7.76. The van der Waals surface area contributed by atoms with Gasteiger partial charge in [-0.3, -0.25) is 14.5 Å². The standard InChI is InChI=1S/C24H24ClN5O4S/c25-21-4-3-18(35-21)15-26-22-14-20(27-30(22)23(31)17-5-11-34-16-17)19-2-1-6-29(24(19)32)8-7-28-9-12-33-13-10-28/h1-6,11,14,16,26H,7-10,12-13,15H2. The number of nitrogens with one attached hydrogen (secondary N) is 1. The van der Waals surface area contributed by atoms with Crippen LogP contribution in [0.5, 0.6) is 0 Å². The van der Waals surface area contributed by atoms with E-state index in [4.69, 9.17) is 20.8 Å². The molecule has 0 atom stereocenters. The van der Waals surface area contributed by atoms with Gasteiger partial charge in [0.05, 0.1) is 41.5 Å². The monoisotopic (exact) mass is 513 g/mol. The van der Waals surface area contributed by atoms with Crippen molar-refractivity contribution in [1.29, 1.82) is 0 Å². The molecule has 4 aromatic rings. The molecule has 0 aliphatic carbocycles. The van der Waals surface area contributed by atoms with E-state index < -0.39 is 0 Å². The van der Waals surface area contributed by atoms with Gasteiger partial charge in [0, 0.05) is 43.3 Å². The Morgan fingerprint density at radius 1 is 1.17 bits per heavy atom. The maximum atomic E-state index is 13.3. The summed E-state index contributed by atoms with van der Waals surface area (Å²) in [6, 6.07) is 10.6. The van der Waals surface area contributed by atoms with Crippen molar-refractivity contribution >= 4 is 34.7 Å². The lowest BCUT2D eigenvalue weighted by atomic mass is 10.2. The summed E-state index contributed by atoms with van der Waals surface area (Å²) in [6.07, 6.45) is 4.58. The van der Waals surface area contributed by atoms with Crippen LogP contribution < -0.4 is 10.9 Å². The average molecular weight is 514 g/mol. The number of hydrogen-bond donors (Lipinski definition) is 1. The number of carbonyl (C=O) groups is 1. The molecule has 35 heavy (non-hydrogen) atoms. The van der Waals surface area contributed by atoms with Crippen molar-refractivity contribution in [3.05, 3.63) is 80.3 Å². The topological polar surface area (TPSA) is 94.5 Å². The minimum atomic E-state index is -0.361. The zero-order chi connectivity index (χ0) is 24.2. The van der Waals surface area contributed by atoms with E-state index in [1.807, 2.05) is 18.2 Å². The summed E-state index contributed by atoms with van der Waals surface area (Å²) in [5.74, 6) is 0.110. The number of aromatic nitrogens is 3. The van der Waals surface area contributed by atoms with E-state index in [2.05, 4.69) is 15.3 Å². The number of halogens is 1. The molecule has 1 aliphatic heterocycles. The molecule has 0 aromatic carbocycles. The number of anilines is 1. The number of hydrogen-bond acceptors (Lipinski definition) is 8. The van der Waals surface area contributed by atoms with Gasteiger partial charge in [0.15, 0.2) is 0 Å². The Bertz CT molecular complexity index is 1350. The summed E-state index contributed by atoms with van der Waals surface area (Å²) in [6.45, 7) is 4.93. The summed E-state index contributed by atoms with van der Waals surface area (Å²) >= 11 is 7.50. The van der Waals surface area contributed by atoms with Crippen LogP contribution in [-0.2, 0) is 17.8 Å². The van der Waals surface area contributed by atoms with Gasteiger partial charge >= 0.3 is 0 Å². The lowest BCUT2D eigenvalue weighted by Crippen LogP contribution is -2.39. The van der Waals surface area contributed by atoms with Crippen molar-refractivity contribution < 1.29 is 13.9 Å². The first kappa shape index (κ1) is 23.6. The number of thiophene rings is 1. The zero-order valence-corrected chi connectivity index (χ0v) is 20.4. The van der Waals surface area contributed by atoms with Crippen LogP contribution in [0.1, 0.15) is 15.2 Å². The molecule has 1 N–H and O–H groups in total. The van der Waals surface area contributed by atoms with Crippen LogP contribution in [0, 0.1) is 0 Å². The van der Waals surface area contributed by atoms with E-state index in [-0.39, 0.29) is 11.5 Å². The predicted molar refractivity (Wildman–Crippen MR) is 134 cm³/mol. The molecular weight excluding hydrogens is 490 g/mol. The van der Waals surface area contributed by atoms with E-state index in [1.165, 1.54) is 28.5 Å². The van der Waals surface area contributed by atoms with E-state index in [0.29, 0.717) is 53.3 Å². The van der Waals surface area contributed by atoms with Crippen LogP contribution in [0.2, 0.25) is 4.34 Å². The van der Waals surface area contributed by atoms with Gasteiger partial charge in [-0.2, -0.15) is 9.78 Å². The smallest absolute Gasteiger partial charge is 0.283 e. The Kier molecular flexibility index (Phi) is 7.14. The molecule has 1 fully saturated rings. The molecule has 0 bridgehead atoms. The molecule has 0 amide bonds. The molecule has 0 spiro atoms. The lowest BCUT2D eigenvalue weighted by molar-refractivity contribution is 0.0363. The predicted octanol–water partition coefficient (Wildman–Crippen LogP) is 3.65. The molecule has 4 aromatic heterocycles. The fraction of sp³-hybridized carbons (Fsp3) is 0.292. The Labute approximate surface area is 210 Å². The summed E-state index contributed by atoms with van der Waals surface area (Å²) < 4.78 is 14.1. The van der Waals surface area contributed by atoms with Crippen LogP contribution in [0.3, 0.4) is 0 Å². The maximum Gasteiger partial charge on any atom is 0.283 e. The third-order valence-electron chi connectivity index (χ3n) is 5.80. The Morgan fingerprint density at radius 2 is 2.03 bits per heavy atom. The molecule has 0 radical (unpaired) electrons. The lowest BCUT2D eigenvalue weighted by Gasteiger charge is -2.26. The van der Waals surface area contributed by atoms with Gasteiger partial charge in [-0.25, -0.2) is 0 Å². The van der Waals surface area contributed by atoms with Crippen molar-refractivity contribution in [3.63, 3.8) is 0 Å². The summed E-state index contributed by atoms with van der Waals surface area (Å²) in [7, 11) is 0. The van der Waals surface area contributed by atoms with Crippen molar-refractivity contribution in [2.75, 3.05) is 38.2 Å². The van der Waals surface area contributed by atoms with Crippen LogP contribution in [0.25, 0.3) is 11.3 Å². The minimum absolute atomic E-state index is 0.155. The molecule has 182 valence electrons. The van der Waals surface area contributed by atoms with E-state index in [0.717, 1.165) is 24.5 Å². The SMILES string of the molecule is O=C(c1ccoc1)n1nc(-c2cccn(CCN3CCOCC3)c2=O)cc1NCc1ccc(Cl)s1. The average Bonchev–Trinajstić information content (AvgIpc) is 3.64. The highest BCUT2D eigenvalue weighted by molar-refractivity contribution is 7.16. The molecule has 1 aliphatic rings. The molecule has 9 nitrogen and oxygen atoms in total. The molecule has 5 rings (SSSR count). The molecule has 11 heteroatoms. The maximum absolute atomic E-state index is 13.3. The van der Waals surface area contributed by atoms with Gasteiger partial charge in [-0.1, -0.05) is 11.6 Å². The van der Waals surface area contributed by atoms with Crippen LogP contribution in [0.4, 0.5) is 5.82 Å². The molecular formula is C24H24ClN5O4S. The van der Waals surface area contributed by atoms with Gasteiger partial charge in [0.1, 0.15) is 17.8 Å². The van der Waals surface area contributed by atoms with E-state index in [9.17, 15) is 9.59 Å². The Hall–Kier alpha value is -3.18. The first-order valence-electron chi connectivity index (χ1n) is 11.2. The number of rotatable bonds is 8. The number of ether oxygens (including phenoxy) is 1. The first-order valence-corrected chi connectivity index (χ1v) is 12.4. The fourth-order valence-corrected chi connectivity index (χ4v) is 4.94. The second-order valence-electron chi connectivity index (χ2n) is 8.08. The van der Waals surface area contributed by atoms with Gasteiger partial charge in [0.25, 0.3) is 11.5 Å². The third kappa shape index (κ3) is 5.40. The van der Waals surface area contributed by atoms with Gasteiger partial charge < -0.3 is 19.0 Å². The van der Waals surface area contributed by atoms with Crippen LogP contribution in [-0.4, -0.2) is 58.0 Å². The Morgan fingerprint density at radius 3 is 2.77 bits per heavy atom. The summed E-state index contributed by atoms with van der Waals surface area (Å²) in [4.78, 5) is 29.7. The van der Waals surface area contributed by atoms with Gasteiger partial charge in [0.2, 0.25) is 0 Å². The molecule has 0 unspecified atom stereocenters. The van der Waals surface area contributed by atoms with Gasteiger partial charge in [-0.05, 0) is 30.3 Å². The minimum Gasteiger partial charge on any atom is -0.472 e. The normalized spacial score (nSPS) is 14.3. The van der Waals surface area contributed by atoms with Crippen molar-refractivity contribution in [2.24, 2.45) is 0 Å². The molecule has 0 saturated carbocycles. The summed E-state index contributed by atoms with van der Waals surface area (Å²) in [5.41, 5.74) is 1.05. The highest BCUT2D eigenvalue weighted by Crippen LogP contribution is 2.25. The van der Waals surface area contributed by atoms with Crippen molar-refractivity contribution in [2.45, 2.75) is 13.1 Å². The van der Waals surface area contributed by atoms with Crippen LogP contribution in [0.15, 0.2) is 64.3 Å². The van der Waals surface area contributed by atoms with Crippen LogP contribution >= 0.6 is 22.9 Å². The largest absolute Gasteiger partial charge is 0.472 e. The second kappa shape index (κ2) is 10.6. The molecule has 5 heterocycles. The van der Waals surface area contributed by atoms with Crippen molar-refractivity contribution in [3.8, 4) is 11.3 Å². The number of furan rings is 1. The number of pyridine rings is 1. The highest BCUT2D eigenvalue weighted by Gasteiger charge is 2.20. The first-order chi connectivity index (χ1) is 17.1. The third-order valence-corrected chi connectivity index (χ3v) is 7.03.